The van der Waals surface area contributed by atoms with E-state index in [4.69, 9.17) is 5.11 Å². The predicted octanol–water partition coefficient (Wildman–Crippen LogP) is 2.50. The van der Waals surface area contributed by atoms with Crippen molar-refractivity contribution in [2.45, 2.75) is 62.8 Å². The van der Waals surface area contributed by atoms with Crippen LogP contribution in [-0.2, 0) is 4.79 Å². The second kappa shape index (κ2) is 7.17. The largest absolute Gasteiger partial charge is 0.481 e. The van der Waals surface area contributed by atoms with Crippen molar-refractivity contribution in [2.24, 2.45) is 0 Å². The monoisotopic (exact) mass is 245 g/mol. The highest BCUT2D eigenvalue weighted by molar-refractivity contribution is 7.99. The van der Waals surface area contributed by atoms with Gasteiger partial charge in [0.15, 0.2) is 0 Å². The molecule has 0 heterocycles. The van der Waals surface area contributed by atoms with Gasteiger partial charge >= 0.3 is 5.97 Å². The number of carbonyl (C=O) groups is 1. The van der Waals surface area contributed by atoms with Crippen molar-refractivity contribution in [1.82, 2.24) is 5.32 Å². The van der Waals surface area contributed by atoms with Crippen LogP contribution < -0.4 is 5.32 Å². The molecule has 3 atom stereocenters. The van der Waals surface area contributed by atoms with E-state index < -0.39 is 5.97 Å². The van der Waals surface area contributed by atoms with Gasteiger partial charge in [-0.25, -0.2) is 0 Å². The molecule has 94 valence electrons. The zero-order valence-corrected chi connectivity index (χ0v) is 11.1. The van der Waals surface area contributed by atoms with Gasteiger partial charge in [0.25, 0.3) is 0 Å². The van der Waals surface area contributed by atoms with Crippen molar-refractivity contribution < 1.29 is 9.90 Å². The number of carboxylic acids is 1. The molecule has 16 heavy (non-hydrogen) atoms. The minimum Gasteiger partial charge on any atom is -0.481 e. The van der Waals surface area contributed by atoms with E-state index in [-0.39, 0.29) is 6.42 Å². The average molecular weight is 245 g/mol. The first kappa shape index (κ1) is 13.8. The SMILES string of the molecule is CSC1CCCC(NC(C)CCC(=O)O)C1. The van der Waals surface area contributed by atoms with Crippen molar-refractivity contribution >= 4 is 17.7 Å². The van der Waals surface area contributed by atoms with E-state index >= 15 is 0 Å². The lowest BCUT2D eigenvalue weighted by atomic mass is 9.94. The minimum absolute atomic E-state index is 0.271. The first-order chi connectivity index (χ1) is 7.61. The molecule has 1 aliphatic carbocycles. The highest BCUT2D eigenvalue weighted by Gasteiger charge is 2.22. The molecular formula is C12H23NO2S. The number of hydrogen-bond donors (Lipinski definition) is 2. The Hall–Kier alpha value is -0.220. The van der Waals surface area contributed by atoms with Crippen molar-refractivity contribution in [3.63, 3.8) is 0 Å². The Morgan fingerprint density at radius 3 is 2.94 bits per heavy atom. The number of rotatable bonds is 6. The number of carboxylic acid groups (broad SMARTS) is 1. The van der Waals surface area contributed by atoms with Crippen LogP contribution in [0.3, 0.4) is 0 Å². The lowest BCUT2D eigenvalue weighted by molar-refractivity contribution is -0.137. The highest BCUT2D eigenvalue weighted by Crippen LogP contribution is 2.27. The second-order valence-electron chi connectivity index (χ2n) is 4.72. The minimum atomic E-state index is -0.695. The Kier molecular flexibility index (Phi) is 6.21. The van der Waals surface area contributed by atoms with Crippen molar-refractivity contribution in [3.8, 4) is 0 Å². The van der Waals surface area contributed by atoms with E-state index in [0.29, 0.717) is 12.1 Å². The zero-order chi connectivity index (χ0) is 12.0. The van der Waals surface area contributed by atoms with Gasteiger partial charge in [-0.05, 0) is 38.9 Å². The van der Waals surface area contributed by atoms with Gasteiger partial charge in [-0.3, -0.25) is 4.79 Å². The molecule has 1 rings (SSSR count). The molecule has 0 aliphatic heterocycles. The fraction of sp³-hybridized carbons (Fsp3) is 0.917. The molecule has 1 aliphatic rings. The van der Waals surface area contributed by atoms with E-state index in [0.717, 1.165) is 11.7 Å². The molecule has 0 aromatic heterocycles. The van der Waals surface area contributed by atoms with E-state index in [1.165, 1.54) is 25.7 Å². The summed E-state index contributed by atoms with van der Waals surface area (Å²) in [7, 11) is 0. The summed E-state index contributed by atoms with van der Waals surface area (Å²) in [6, 6.07) is 0.914. The number of aliphatic carboxylic acids is 1. The Morgan fingerprint density at radius 2 is 2.31 bits per heavy atom. The summed E-state index contributed by atoms with van der Waals surface area (Å²) >= 11 is 1.96. The topological polar surface area (TPSA) is 49.3 Å². The maximum absolute atomic E-state index is 10.5. The van der Waals surface area contributed by atoms with Crippen LogP contribution in [0.15, 0.2) is 0 Å². The van der Waals surface area contributed by atoms with E-state index in [9.17, 15) is 4.79 Å². The molecule has 0 spiro atoms. The smallest absolute Gasteiger partial charge is 0.303 e. The van der Waals surface area contributed by atoms with Gasteiger partial charge in [0, 0.05) is 23.8 Å². The lowest BCUT2D eigenvalue weighted by Gasteiger charge is -2.31. The van der Waals surface area contributed by atoms with E-state index in [1.54, 1.807) is 0 Å². The average Bonchev–Trinajstić information content (AvgIpc) is 2.26. The summed E-state index contributed by atoms with van der Waals surface area (Å²) in [4.78, 5) is 10.5. The molecule has 3 nitrogen and oxygen atoms in total. The van der Waals surface area contributed by atoms with Crippen molar-refractivity contribution in [3.05, 3.63) is 0 Å². The molecule has 0 aromatic carbocycles. The van der Waals surface area contributed by atoms with Crippen molar-refractivity contribution in [1.29, 1.82) is 0 Å². The molecule has 1 fully saturated rings. The predicted molar refractivity (Wildman–Crippen MR) is 69.0 cm³/mol. The molecule has 0 saturated heterocycles. The van der Waals surface area contributed by atoms with Crippen LogP contribution in [0, 0.1) is 0 Å². The highest BCUT2D eigenvalue weighted by atomic mass is 32.2. The lowest BCUT2D eigenvalue weighted by Crippen LogP contribution is -2.40. The maximum atomic E-state index is 10.5. The molecule has 0 bridgehead atoms. The molecule has 1 saturated carbocycles. The zero-order valence-electron chi connectivity index (χ0n) is 10.2. The van der Waals surface area contributed by atoms with Crippen molar-refractivity contribution in [2.75, 3.05) is 6.26 Å². The standard InChI is InChI=1S/C12H23NO2S/c1-9(6-7-12(14)15)13-10-4-3-5-11(8-10)16-2/h9-11,13H,3-8H2,1-2H3,(H,14,15). The Morgan fingerprint density at radius 1 is 1.56 bits per heavy atom. The third-order valence-corrected chi connectivity index (χ3v) is 4.37. The quantitative estimate of drug-likeness (QED) is 0.755. The van der Waals surface area contributed by atoms with Gasteiger partial charge in [0.1, 0.15) is 0 Å². The maximum Gasteiger partial charge on any atom is 0.303 e. The van der Waals surface area contributed by atoms with Gasteiger partial charge in [-0.1, -0.05) is 6.42 Å². The molecular weight excluding hydrogens is 222 g/mol. The summed E-state index contributed by atoms with van der Waals surface area (Å²) in [5.74, 6) is -0.695. The summed E-state index contributed by atoms with van der Waals surface area (Å²) in [6.07, 6.45) is 8.30. The number of thioether (sulfide) groups is 1. The summed E-state index contributed by atoms with van der Waals surface area (Å²) in [6.45, 7) is 2.09. The fourth-order valence-electron chi connectivity index (χ4n) is 2.34. The molecule has 4 heteroatoms. The Balaban J connectivity index is 2.22. The van der Waals surface area contributed by atoms with Crippen LogP contribution in [0.5, 0.6) is 0 Å². The summed E-state index contributed by atoms with van der Waals surface area (Å²) < 4.78 is 0. The Labute approximate surface area is 102 Å². The van der Waals surface area contributed by atoms with E-state index in [2.05, 4.69) is 18.5 Å². The second-order valence-corrected chi connectivity index (χ2v) is 5.86. The first-order valence-electron chi connectivity index (χ1n) is 6.12. The molecule has 0 radical (unpaired) electrons. The third kappa shape index (κ3) is 5.21. The van der Waals surface area contributed by atoms with Crippen LogP contribution in [0.25, 0.3) is 0 Å². The molecule has 3 unspecified atom stereocenters. The number of nitrogens with one attached hydrogen (secondary N) is 1. The molecule has 0 amide bonds. The van der Waals surface area contributed by atoms with Gasteiger partial charge in [0.05, 0.1) is 0 Å². The van der Waals surface area contributed by atoms with Crippen LogP contribution in [0.1, 0.15) is 45.4 Å². The van der Waals surface area contributed by atoms with Gasteiger partial charge in [-0.2, -0.15) is 11.8 Å². The van der Waals surface area contributed by atoms with Crippen LogP contribution in [0.2, 0.25) is 0 Å². The summed E-state index contributed by atoms with van der Waals surface area (Å²) in [5.41, 5.74) is 0. The van der Waals surface area contributed by atoms with Crippen LogP contribution >= 0.6 is 11.8 Å². The fourth-order valence-corrected chi connectivity index (χ4v) is 3.16. The van der Waals surface area contributed by atoms with E-state index in [1.807, 2.05) is 11.8 Å². The van der Waals surface area contributed by atoms with Gasteiger partial charge in [0.2, 0.25) is 0 Å². The summed E-state index contributed by atoms with van der Waals surface area (Å²) in [5, 5.41) is 13.0. The Bertz CT molecular complexity index is 223. The molecule has 2 N–H and O–H groups in total. The first-order valence-corrected chi connectivity index (χ1v) is 7.41. The third-order valence-electron chi connectivity index (χ3n) is 3.27. The van der Waals surface area contributed by atoms with Crippen LogP contribution in [-0.4, -0.2) is 34.7 Å². The van der Waals surface area contributed by atoms with Crippen LogP contribution in [0.4, 0.5) is 0 Å². The van der Waals surface area contributed by atoms with Gasteiger partial charge in [-0.15, -0.1) is 0 Å². The molecule has 0 aromatic rings. The van der Waals surface area contributed by atoms with Gasteiger partial charge < -0.3 is 10.4 Å². The normalized spacial score (nSPS) is 27.6. The number of hydrogen-bond acceptors (Lipinski definition) is 3.